The fourth-order valence-corrected chi connectivity index (χ4v) is 6.37. The van der Waals surface area contributed by atoms with E-state index in [4.69, 9.17) is 9.47 Å². The molecule has 0 aliphatic carbocycles. The highest BCUT2D eigenvalue weighted by Crippen LogP contribution is 2.28. The molecule has 1 aromatic carbocycles. The smallest absolute Gasteiger partial charge is 0.305 e. The molecule has 0 saturated carbocycles. The molecule has 1 aliphatic rings. The highest BCUT2D eigenvalue weighted by molar-refractivity contribution is 7.89. The number of ether oxygens (including phenoxy) is 2. The number of hydrogen-bond donors (Lipinski definition) is 0. The SMILES string of the molecule is COC(=O)CCc1c(C)c(C(=O)c2cccc(S(=O)(=O)N3C[C@H](C)O[C@@H](C)C3)c2)c2ccccn12. The van der Waals surface area contributed by atoms with Crippen LogP contribution in [0.1, 0.15) is 47.4 Å². The maximum Gasteiger partial charge on any atom is 0.305 e. The predicted octanol–water partition coefficient (Wildman–Crippen LogP) is 3.38. The van der Waals surface area contributed by atoms with Crippen LogP contribution < -0.4 is 0 Å². The Hall–Kier alpha value is -3.01. The zero-order valence-corrected chi connectivity index (χ0v) is 21.2. The molecule has 35 heavy (non-hydrogen) atoms. The summed E-state index contributed by atoms with van der Waals surface area (Å²) >= 11 is 0. The first-order chi connectivity index (χ1) is 16.6. The normalized spacial score (nSPS) is 19.1. The van der Waals surface area contributed by atoms with Gasteiger partial charge in [-0.05, 0) is 57.0 Å². The van der Waals surface area contributed by atoms with Gasteiger partial charge in [-0.3, -0.25) is 9.59 Å². The molecule has 0 bridgehead atoms. The topological polar surface area (TPSA) is 94.4 Å². The molecular weight excluding hydrogens is 468 g/mol. The second-order valence-corrected chi connectivity index (χ2v) is 10.9. The first-order valence-electron chi connectivity index (χ1n) is 11.6. The molecule has 0 N–H and O–H groups in total. The molecule has 0 spiro atoms. The van der Waals surface area contributed by atoms with Crippen molar-refractivity contribution < 1.29 is 27.5 Å². The molecule has 2 atom stereocenters. The molecular formula is C26H30N2O6S. The molecule has 0 unspecified atom stereocenters. The van der Waals surface area contributed by atoms with Gasteiger partial charge in [-0.1, -0.05) is 18.2 Å². The van der Waals surface area contributed by atoms with Crippen LogP contribution in [0.3, 0.4) is 0 Å². The maximum atomic E-state index is 13.7. The van der Waals surface area contributed by atoms with E-state index in [1.54, 1.807) is 12.1 Å². The number of rotatable bonds is 7. The molecule has 9 heteroatoms. The van der Waals surface area contributed by atoms with Gasteiger partial charge < -0.3 is 13.9 Å². The Labute approximate surface area is 205 Å². The lowest BCUT2D eigenvalue weighted by atomic mass is 9.99. The van der Waals surface area contributed by atoms with Crippen LogP contribution in [-0.2, 0) is 30.7 Å². The van der Waals surface area contributed by atoms with Crippen LogP contribution in [0.15, 0.2) is 53.6 Å². The Bertz CT molecular complexity index is 1370. The Morgan fingerprint density at radius 3 is 2.49 bits per heavy atom. The summed E-state index contributed by atoms with van der Waals surface area (Å²) in [5.74, 6) is -0.593. The maximum absolute atomic E-state index is 13.7. The largest absolute Gasteiger partial charge is 0.469 e. The number of benzene rings is 1. The average molecular weight is 499 g/mol. The first-order valence-corrected chi connectivity index (χ1v) is 13.0. The number of nitrogens with zero attached hydrogens (tertiary/aromatic N) is 2. The van der Waals surface area contributed by atoms with E-state index >= 15 is 0 Å². The molecule has 1 fully saturated rings. The predicted molar refractivity (Wildman–Crippen MR) is 131 cm³/mol. The van der Waals surface area contributed by atoms with Crippen LogP contribution in [0, 0.1) is 6.92 Å². The fraction of sp³-hybridized carbons (Fsp3) is 0.385. The molecule has 0 radical (unpaired) electrons. The standard InChI is InChI=1S/C26H30N2O6S/c1-17-15-27(16-18(2)34-17)35(31,32)21-9-7-8-20(14-21)26(30)25-19(3)22(11-12-24(29)33-4)28-13-6-5-10-23(25)28/h5-10,13-14,17-18H,11-12,15-16H2,1-4H3/t17-,18-/m0/s1. The molecule has 4 rings (SSSR count). The summed E-state index contributed by atoms with van der Waals surface area (Å²) in [5.41, 5.74) is 3.09. The molecule has 3 aromatic rings. The van der Waals surface area contributed by atoms with Crippen LogP contribution in [0.5, 0.6) is 0 Å². The summed E-state index contributed by atoms with van der Waals surface area (Å²) in [4.78, 5) is 25.5. The molecule has 1 aliphatic heterocycles. The van der Waals surface area contributed by atoms with E-state index in [1.165, 1.54) is 23.5 Å². The number of methoxy groups -OCH3 is 1. The third kappa shape index (κ3) is 4.89. The van der Waals surface area contributed by atoms with Gasteiger partial charge in [0.15, 0.2) is 5.78 Å². The minimum Gasteiger partial charge on any atom is -0.469 e. The number of esters is 1. The van der Waals surface area contributed by atoms with E-state index in [1.807, 2.05) is 49.6 Å². The summed E-state index contributed by atoms with van der Waals surface area (Å²) in [6.07, 6.45) is 2.04. The fourth-order valence-electron chi connectivity index (χ4n) is 4.73. The number of carbonyl (C=O) groups is 2. The number of fused-ring (bicyclic) bond motifs is 1. The number of ketones is 1. The Kier molecular flexibility index (Phi) is 7.12. The van der Waals surface area contributed by atoms with E-state index in [2.05, 4.69) is 0 Å². The van der Waals surface area contributed by atoms with E-state index < -0.39 is 10.0 Å². The number of carbonyl (C=O) groups excluding carboxylic acids is 2. The second-order valence-electron chi connectivity index (χ2n) is 8.92. The van der Waals surface area contributed by atoms with Crippen LogP contribution in [0.25, 0.3) is 5.52 Å². The van der Waals surface area contributed by atoms with Crippen LogP contribution >= 0.6 is 0 Å². The van der Waals surface area contributed by atoms with E-state index in [9.17, 15) is 18.0 Å². The minimum atomic E-state index is -3.79. The Morgan fingerprint density at radius 1 is 1.09 bits per heavy atom. The molecule has 2 aromatic heterocycles. The monoisotopic (exact) mass is 498 g/mol. The van der Waals surface area contributed by atoms with Gasteiger partial charge in [-0.15, -0.1) is 0 Å². The average Bonchev–Trinajstić information content (AvgIpc) is 3.12. The van der Waals surface area contributed by atoms with Gasteiger partial charge in [-0.25, -0.2) is 8.42 Å². The van der Waals surface area contributed by atoms with E-state index in [-0.39, 0.29) is 48.4 Å². The van der Waals surface area contributed by atoms with Gasteiger partial charge in [0.2, 0.25) is 10.0 Å². The van der Waals surface area contributed by atoms with Gasteiger partial charge in [-0.2, -0.15) is 4.31 Å². The number of pyridine rings is 1. The van der Waals surface area contributed by atoms with E-state index in [0.29, 0.717) is 23.1 Å². The van der Waals surface area contributed by atoms with Gasteiger partial charge in [0.1, 0.15) is 0 Å². The lowest BCUT2D eigenvalue weighted by Crippen LogP contribution is -2.48. The third-order valence-electron chi connectivity index (χ3n) is 6.36. The van der Waals surface area contributed by atoms with Crippen molar-refractivity contribution in [2.24, 2.45) is 0 Å². The zero-order chi connectivity index (χ0) is 25.3. The van der Waals surface area contributed by atoms with E-state index in [0.717, 1.165) is 11.3 Å². The molecule has 3 heterocycles. The Morgan fingerprint density at radius 2 is 1.80 bits per heavy atom. The summed E-state index contributed by atoms with van der Waals surface area (Å²) in [6.45, 7) is 6.06. The number of sulfonamides is 1. The quantitative estimate of drug-likeness (QED) is 0.366. The number of aromatic nitrogens is 1. The van der Waals surface area contributed by atoms with Crippen molar-refractivity contribution in [3.8, 4) is 0 Å². The lowest BCUT2D eigenvalue weighted by Gasteiger charge is -2.34. The van der Waals surface area contributed by atoms with Crippen LogP contribution in [-0.4, -0.2) is 61.3 Å². The van der Waals surface area contributed by atoms with Crippen LogP contribution in [0.2, 0.25) is 0 Å². The number of aryl methyl sites for hydroxylation is 1. The van der Waals surface area contributed by atoms with Crippen molar-refractivity contribution >= 4 is 27.3 Å². The number of morpholine rings is 1. The van der Waals surface area contributed by atoms with Crippen molar-refractivity contribution in [3.05, 3.63) is 71.0 Å². The van der Waals surface area contributed by atoms with Gasteiger partial charge >= 0.3 is 5.97 Å². The summed E-state index contributed by atoms with van der Waals surface area (Å²) < 4.78 is 40.5. The van der Waals surface area contributed by atoms with Gasteiger partial charge in [0.05, 0.1) is 41.7 Å². The van der Waals surface area contributed by atoms with Crippen molar-refractivity contribution in [1.82, 2.24) is 8.71 Å². The highest BCUT2D eigenvalue weighted by atomic mass is 32.2. The first kappa shape index (κ1) is 25.1. The van der Waals surface area contributed by atoms with Crippen molar-refractivity contribution in [1.29, 1.82) is 0 Å². The molecule has 8 nitrogen and oxygen atoms in total. The van der Waals surface area contributed by atoms with Gasteiger partial charge in [0.25, 0.3) is 0 Å². The second kappa shape index (κ2) is 9.93. The van der Waals surface area contributed by atoms with Crippen LogP contribution in [0.4, 0.5) is 0 Å². The van der Waals surface area contributed by atoms with Gasteiger partial charge in [0, 0.05) is 30.5 Å². The summed E-state index contributed by atoms with van der Waals surface area (Å²) in [7, 11) is -2.44. The van der Waals surface area contributed by atoms with Crippen molar-refractivity contribution in [2.45, 2.75) is 50.7 Å². The number of hydrogen-bond acceptors (Lipinski definition) is 6. The molecule has 0 amide bonds. The minimum absolute atomic E-state index is 0.0803. The summed E-state index contributed by atoms with van der Waals surface area (Å²) in [5, 5.41) is 0. The molecule has 186 valence electrons. The summed E-state index contributed by atoms with van der Waals surface area (Å²) in [6, 6.07) is 11.7. The van der Waals surface area contributed by atoms with Crippen molar-refractivity contribution in [2.75, 3.05) is 20.2 Å². The lowest BCUT2D eigenvalue weighted by molar-refractivity contribution is -0.140. The zero-order valence-electron chi connectivity index (χ0n) is 20.4. The highest BCUT2D eigenvalue weighted by Gasteiger charge is 2.33. The Balaban J connectivity index is 1.72. The van der Waals surface area contributed by atoms with Crippen molar-refractivity contribution in [3.63, 3.8) is 0 Å². The third-order valence-corrected chi connectivity index (χ3v) is 8.18. The molecule has 1 saturated heterocycles.